The second-order valence-corrected chi connectivity index (χ2v) is 5.81. The van der Waals surface area contributed by atoms with Crippen molar-refractivity contribution in [3.63, 3.8) is 0 Å². The van der Waals surface area contributed by atoms with Crippen LogP contribution in [-0.2, 0) is 0 Å². The van der Waals surface area contributed by atoms with Gasteiger partial charge in [0.05, 0.1) is 0 Å². The van der Waals surface area contributed by atoms with Crippen molar-refractivity contribution in [3.8, 4) is 0 Å². The van der Waals surface area contributed by atoms with E-state index < -0.39 is 0 Å². The normalized spacial score (nSPS) is 29.4. The van der Waals surface area contributed by atoms with Gasteiger partial charge in [-0.3, -0.25) is 0 Å². The van der Waals surface area contributed by atoms with Gasteiger partial charge in [0.2, 0.25) is 0 Å². The molecule has 1 fully saturated rings. The van der Waals surface area contributed by atoms with E-state index in [1.54, 1.807) is 0 Å². The Labute approximate surface area is 93.6 Å². The highest BCUT2D eigenvalue weighted by Gasteiger charge is 2.34. The van der Waals surface area contributed by atoms with Crippen LogP contribution in [0.25, 0.3) is 0 Å². The monoisotopic (exact) mass is 214 g/mol. The van der Waals surface area contributed by atoms with E-state index in [1.165, 1.54) is 6.42 Å². The summed E-state index contributed by atoms with van der Waals surface area (Å²) >= 11 is 0. The fourth-order valence-corrected chi connectivity index (χ4v) is 2.55. The summed E-state index contributed by atoms with van der Waals surface area (Å²) in [4.78, 5) is 2.41. The van der Waals surface area contributed by atoms with E-state index >= 15 is 0 Å². The molecular formula is C12H26N2O. The average Bonchev–Trinajstić information content (AvgIpc) is 2.15. The summed E-state index contributed by atoms with van der Waals surface area (Å²) in [5.74, 6) is 0. The first-order chi connectivity index (χ1) is 6.91. The topological polar surface area (TPSA) is 49.5 Å². The quantitative estimate of drug-likeness (QED) is 0.739. The SMILES string of the molecule is CCC1(CO)CCCN(CC(C)(C)N)C1. The molecule has 3 heteroatoms. The van der Waals surface area contributed by atoms with Crippen molar-refractivity contribution in [1.29, 1.82) is 0 Å². The molecule has 90 valence electrons. The van der Waals surface area contributed by atoms with Crippen molar-refractivity contribution in [2.24, 2.45) is 11.1 Å². The second kappa shape index (κ2) is 4.81. The zero-order valence-electron chi connectivity index (χ0n) is 10.4. The number of hydrogen-bond donors (Lipinski definition) is 2. The fourth-order valence-electron chi connectivity index (χ4n) is 2.55. The Bertz CT molecular complexity index is 194. The maximum absolute atomic E-state index is 9.50. The highest BCUT2D eigenvalue weighted by atomic mass is 16.3. The zero-order chi connectivity index (χ0) is 11.5. The number of aliphatic hydroxyl groups excluding tert-OH is 1. The Morgan fingerprint density at radius 2 is 2.13 bits per heavy atom. The average molecular weight is 214 g/mol. The van der Waals surface area contributed by atoms with Gasteiger partial charge in [0.15, 0.2) is 0 Å². The minimum Gasteiger partial charge on any atom is -0.396 e. The Morgan fingerprint density at radius 3 is 2.60 bits per heavy atom. The number of hydrogen-bond acceptors (Lipinski definition) is 3. The first-order valence-corrected chi connectivity index (χ1v) is 6.03. The molecule has 0 spiro atoms. The molecule has 0 aromatic heterocycles. The zero-order valence-corrected chi connectivity index (χ0v) is 10.4. The van der Waals surface area contributed by atoms with Gasteiger partial charge < -0.3 is 15.7 Å². The van der Waals surface area contributed by atoms with Crippen molar-refractivity contribution >= 4 is 0 Å². The number of nitrogens with zero attached hydrogens (tertiary/aromatic N) is 1. The molecule has 0 amide bonds. The van der Waals surface area contributed by atoms with E-state index in [0.717, 1.165) is 32.5 Å². The van der Waals surface area contributed by atoms with Crippen molar-refractivity contribution in [1.82, 2.24) is 4.90 Å². The third kappa shape index (κ3) is 3.74. The first-order valence-electron chi connectivity index (χ1n) is 6.03. The summed E-state index contributed by atoms with van der Waals surface area (Å²) in [6.45, 7) is 9.67. The number of aliphatic hydroxyl groups is 1. The van der Waals surface area contributed by atoms with Crippen molar-refractivity contribution < 1.29 is 5.11 Å². The lowest BCUT2D eigenvalue weighted by Gasteiger charge is -2.43. The summed E-state index contributed by atoms with van der Waals surface area (Å²) in [5.41, 5.74) is 6.03. The molecule has 1 heterocycles. The van der Waals surface area contributed by atoms with Gasteiger partial charge in [-0.05, 0) is 39.7 Å². The molecule has 1 saturated heterocycles. The minimum atomic E-state index is -0.133. The van der Waals surface area contributed by atoms with E-state index in [4.69, 9.17) is 5.73 Å². The van der Waals surface area contributed by atoms with Crippen LogP contribution in [0.15, 0.2) is 0 Å². The molecule has 0 aliphatic carbocycles. The van der Waals surface area contributed by atoms with Crippen molar-refractivity contribution in [2.75, 3.05) is 26.2 Å². The van der Waals surface area contributed by atoms with Gasteiger partial charge in [-0.15, -0.1) is 0 Å². The van der Waals surface area contributed by atoms with Crippen LogP contribution in [0.4, 0.5) is 0 Å². The summed E-state index contributed by atoms with van der Waals surface area (Å²) in [6.07, 6.45) is 3.40. The van der Waals surface area contributed by atoms with Gasteiger partial charge in [0.1, 0.15) is 0 Å². The van der Waals surface area contributed by atoms with Crippen LogP contribution < -0.4 is 5.73 Å². The predicted octanol–water partition coefficient (Wildman–Crippen LogP) is 1.21. The molecule has 1 unspecified atom stereocenters. The summed E-state index contributed by atoms with van der Waals surface area (Å²) in [7, 11) is 0. The molecule has 0 saturated carbocycles. The molecule has 0 bridgehead atoms. The molecule has 3 nitrogen and oxygen atoms in total. The van der Waals surface area contributed by atoms with Crippen LogP contribution in [0, 0.1) is 5.41 Å². The summed E-state index contributed by atoms with van der Waals surface area (Å²) < 4.78 is 0. The lowest BCUT2D eigenvalue weighted by atomic mass is 9.78. The third-order valence-corrected chi connectivity index (χ3v) is 3.46. The van der Waals surface area contributed by atoms with Gasteiger partial charge in [0.25, 0.3) is 0 Å². The predicted molar refractivity (Wildman–Crippen MR) is 63.8 cm³/mol. The maximum Gasteiger partial charge on any atom is 0.0499 e. The van der Waals surface area contributed by atoms with E-state index in [1.807, 2.05) is 0 Å². The Hall–Kier alpha value is -0.120. The Morgan fingerprint density at radius 1 is 1.47 bits per heavy atom. The smallest absolute Gasteiger partial charge is 0.0499 e. The standard InChI is InChI=1S/C12H26N2O/c1-4-12(10-15)6-5-7-14(9-12)8-11(2,3)13/h15H,4-10,13H2,1-3H3. The number of rotatable bonds is 4. The van der Waals surface area contributed by atoms with Crippen molar-refractivity contribution in [2.45, 2.75) is 45.6 Å². The van der Waals surface area contributed by atoms with E-state index in [0.29, 0.717) is 6.61 Å². The van der Waals surface area contributed by atoms with Gasteiger partial charge in [0, 0.05) is 30.7 Å². The van der Waals surface area contributed by atoms with Gasteiger partial charge in [-0.1, -0.05) is 6.92 Å². The van der Waals surface area contributed by atoms with Gasteiger partial charge in [-0.25, -0.2) is 0 Å². The lowest BCUT2D eigenvalue weighted by Crippen LogP contribution is -2.52. The molecule has 0 aromatic rings. The Balaban J connectivity index is 2.55. The maximum atomic E-state index is 9.50. The number of likely N-dealkylation sites (tertiary alicyclic amines) is 1. The molecular weight excluding hydrogens is 188 g/mol. The molecule has 1 aliphatic rings. The van der Waals surface area contributed by atoms with Crippen LogP contribution in [0.2, 0.25) is 0 Å². The molecule has 0 radical (unpaired) electrons. The van der Waals surface area contributed by atoms with E-state index in [9.17, 15) is 5.11 Å². The van der Waals surface area contributed by atoms with E-state index in [-0.39, 0.29) is 11.0 Å². The first kappa shape index (κ1) is 12.9. The minimum absolute atomic E-state index is 0.128. The molecule has 15 heavy (non-hydrogen) atoms. The van der Waals surface area contributed by atoms with Crippen LogP contribution in [-0.4, -0.2) is 41.8 Å². The van der Waals surface area contributed by atoms with Crippen LogP contribution in [0.5, 0.6) is 0 Å². The Kier molecular flexibility index (Phi) is 4.15. The van der Waals surface area contributed by atoms with Gasteiger partial charge >= 0.3 is 0 Å². The lowest BCUT2D eigenvalue weighted by molar-refractivity contribution is 0.0223. The molecule has 0 aromatic carbocycles. The van der Waals surface area contributed by atoms with Crippen LogP contribution >= 0.6 is 0 Å². The van der Waals surface area contributed by atoms with E-state index in [2.05, 4.69) is 25.7 Å². The fraction of sp³-hybridized carbons (Fsp3) is 1.00. The van der Waals surface area contributed by atoms with Crippen LogP contribution in [0.1, 0.15) is 40.0 Å². The number of piperidine rings is 1. The second-order valence-electron chi connectivity index (χ2n) is 5.81. The highest BCUT2D eigenvalue weighted by Crippen LogP contribution is 2.32. The van der Waals surface area contributed by atoms with Gasteiger partial charge in [-0.2, -0.15) is 0 Å². The highest BCUT2D eigenvalue weighted by molar-refractivity contribution is 4.88. The van der Waals surface area contributed by atoms with Crippen LogP contribution in [0.3, 0.4) is 0 Å². The third-order valence-electron chi connectivity index (χ3n) is 3.46. The summed E-state index contributed by atoms with van der Waals surface area (Å²) in [6, 6.07) is 0. The molecule has 1 aliphatic heterocycles. The number of nitrogens with two attached hydrogens (primary N) is 1. The summed E-state index contributed by atoms with van der Waals surface area (Å²) in [5, 5.41) is 9.50. The molecule has 1 atom stereocenters. The largest absolute Gasteiger partial charge is 0.396 e. The molecule has 3 N–H and O–H groups in total. The molecule has 1 rings (SSSR count). The van der Waals surface area contributed by atoms with Crippen molar-refractivity contribution in [3.05, 3.63) is 0 Å².